The molecule has 2 amide bonds. The number of ether oxygens (including phenoxy) is 1. The number of methoxy groups -OCH3 is 1. The fourth-order valence-electron chi connectivity index (χ4n) is 1.85. The number of hydrogen-bond donors (Lipinski definition) is 2. The summed E-state index contributed by atoms with van der Waals surface area (Å²) in [5, 5.41) is 5.21. The molecule has 0 aliphatic rings. The van der Waals surface area contributed by atoms with Crippen molar-refractivity contribution in [3.05, 3.63) is 24.3 Å². The molecule has 124 valence electrons. The molecule has 1 aromatic rings. The molecule has 0 atom stereocenters. The quantitative estimate of drug-likeness (QED) is 0.760. The van der Waals surface area contributed by atoms with E-state index < -0.39 is 18.8 Å². The number of anilines is 1. The van der Waals surface area contributed by atoms with Crippen LogP contribution in [0.25, 0.3) is 0 Å². The summed E-state index contributed by atoms with van der Waals surface area (Å²) >= 11 is 0. The predicted octanol–water partition coefficient (Wildman–Crippen LogP) is 2.70. The minimum atomic E-state index is -4.20. The van der Waals surface area contributed by atoms with Crippen molar-refractivity contribution in [2.75, 3.05) is 39.1 Å². The Hall–Kier alpha value is -1.96. The number of halogens is 3. The first-order valence-corrected chi connectivity index (χ1v) is 6.75. The molecule has 0 saturated carbocycles. The Bertz CT molecular complexity index is 481. The van der Waals surface area contributed by atoms with Crippen molar-refractivity contribution in [2.45, 2.75) is 12.6 Å². The largest absolute Gasteiger partial charge is 0.495 e. The van der Waals surface area contributed by atoms with Gasteiger partial charge in [-0.3, -0.25) is 4.90 Å². The monoisotopic (exact) mass is 319 g/mol. The van der Waals surface area contributed by atoms with Gasteiger partial charge < -0.3 is 15.4 Å². The first-order chi connectivity index (χ1) is 10.3. The summed E-state index contributed by atoms with van der Waals surface area (Å²) in [6, 6.07) is 6.50. The molecule has 0 aromatic heterocycles. The van der Waals surface area contributed by atoms with E-state index in [0.717, 1.165) is 0 Å². The zero-order valence-corrected chi connectivity index (χ0v) is 12.5. The summed E-state index contributed by atoms with van der Waals surface area (Å²) in [6.45, 7) is -0.433. The molecule has 0 radical (unpaired) electrons. The zero-order chi connectivity index (χ0) is 16.6. The number of carbonyl (C=O) groups excluding carboxylic acids is 1. The summed E-state index contributed by atoms with van der Waals surface area (Å²) in [4.78, 5) is 12.8. The van der Waals surface area contributed by atoms with Gasteiger partial charge in [-0.2, -0.15) is 13.2 Å². The third-order valence-electron chi connectivity index (χ3n) is 2.81. The third kappa shape index (κ3) is 7.16. The second kappa shape index (κ2) is 8.47. The van der Waals surface area contributed by atoms with Gasteiger partial charge in [0.2, 0.25) is 0 Å². The van der Waals surface area contributed by atoms with E-state index in [4.69, 9.17) is 4.74 Å². The van der Waals surface area contributed by atoms with E-state index in [0.29, 0.717) is 17.9 Å². The lowest BCUT2D eigenvalue weighted by Crippen LogP contribution is -2.35. The van der Waals surface area contributed by atoms with Crippen molar-refractivity contribution in [1.29, 1.82) is 0 Å². The molecule has 0 unspecified atom stereocenters. The maximum atomic E-state index is 12.1. The minimum absolute atomic E-state index is 0.244. The highest BCUT2D eigenvalue weighted by molar-refractivity contribution is 5.90. The zero-order valence-electron chi connectivity index (χ0n) is 12.5. The number of para-hydroxylation sites is 2. The number of urea groups is 1. The Kier molecular flexibility index (Phi) is 6.97. The number of nitrogens with one attached hydrogen (secondary N) is 2. The van der Waals surface area contributed by atoms with Gasteiger partial charge in [-0.15, -0.1) is 0 Å². The Balaban J connectivity index is 2.26. The maximum Gasteiger partial charge on any atom is 0.401 e. The number of rotatable bonds is 7. The van der Waals surface area contributed by atoms with Crippen LogP contribution in [0.4, 0.5) is 23.7 Å². The predicted molar refractivity (Wildman–Crippen MR) is 78.2 cm³/mol. The van der Waals surface area contributed by atoms with Gasteiger partial charge in [-0.1, -0.05) is 12.1 Å². The van der Waals surface area contributed by atoms with Crippen molar-refractivity contribution in [3.8, 4) is 5.75 Å². The van der Waals surface area contributed by atoms with Crippen LogP contribution in [0.2, 0.25) is 0 Å². The number of amides is 2. The number of hydrogen-bond acceptors (Lipinski definition) is 3. The molecule has 1 rings (SSSR count). The van der Waals surface area contributed by atoms with Crippen LogP contribution in [0.1, 0.15) is 6.42 Å². The average molecular weight is 319 g/mol. The number of alkyl halides is 3. The number of benzene rings is 1. The summed E-state index contributed by atoms with van der Waals surface area (Å²) in [6.07, 6.45) is -3.78. The highest BCUT2D eigenvalue weighted by atomic mass is 19.4. The molecule has 0 aliphatic carbocycles. The van der Waals surface area contributed by atoms with E-state index in [1.165, 1.54) is 19.1 Å². The Morgan fingerprint density at radius 3 is 2.64 bits per heavy atom. The summed E-state index contributed by atoms with van der Waals surface area (Å²) < 4.78 is 41.5. The Morgan fingerprint density at radius 2 is 2.00 bits per heavy atom. The molecule has 8 heteroatoms. The van der Waals surface area contributed by atoms with Crippen LogP contribution in [-0.4, -0.2) is 50.9 Å². The standard InChI is InChI=1S/C14H20F3N3O2/c1-20(10-14(15,16)17)9-5-8-18-13(21)19-11-6-3-4-7-12(11)22-2/h3-4,6-7H,5,8-10H2,1-2H3,(H2,18,19,21). The van der Waals surface area contributed by atoms with Crippen molar-refractivity contribution in [2.24, 2.45) is 0 Å². The van der Waals surface area contributed by atoms with Crippen LogP contribution in [0.5, 0.6) is 5.75 Å². The van der Waals surface area contributed by atoms with Crippen LogP contribution in [0.15, 0.2) is 24.3 Å². The van der Waals surface area contributed by atoms with Gasteiger partial charge in [0, 0.05) is 6.54 Å². The van der Waals surface area contributed by atoms with Crippen LogP contribution >= 0.6 is 0 Å². The third-order valence-corrected chi connectivity index (χ3v) is 2.81. The topological polar surface area (TPSA) is 53.6 Å². The lowest BCUT2D eigenvalue weighted by Gasteiger charge is -2.18. The smallest absolute Gasteiger partial charge is 0.401 e. The van der Waals surface area contributed by atoms with Gasteiger partial charge >= 0.3 is 12.2 Å². The lowest BCUT2D eigenvalue weighted by atomic mass is 10.3. The van der Waals surface area contributed by atoms with Crippen LogP contribution in [-0.2, 0) is 0 Å². The van der Waals surface area contributed by atoms with Gasteiger partial charge in [0.15, 0.2) is 0 Å². The fourth-order valence-corrected chi connectivity index (χ4v) is 1.85. The van der Waals surface area contributed by atoms with Gasteiger partial charge in [0.1, 0.15) is 5.75 Å². The second-order valence-electron chi connectivity index (χ2n) is 4.79. The van der Waals surface area contributed by atoms with Gasteiger partial charge in [-0.05, 0) is 32.1 Å². The van der Waals surface area contributed by atoms with Crippen LogP contribution in [0.3, 0.4) is 0 Å². The Labute approximate surface area is 127 Å². The summed E-state index contributed by atoms with van der Waals surface area (Å²) in [5.41, 5.74) is 0.525. The van der Waals surface area contributed by atoms with E-state index in [1.807, 2.05) is 0 Å². The molecule has 2 N–H and O–H groups in total. The maximum absolute atomic E-state index is 12.1. The second-order valence-corrected chi connectivity index (χ2v) is 4.79. The molecule has 0 heterocycles. The van der Waals surface area contributed by atoms with E-state index in [9.17, 15) is 18.0 Å². The SMILES string of the molecule is COc1ccccc1NC(=O)NCCCN(C)CC(F)(F)F. The van der Waals surface area contributed by atoms with Crippen molar-refractivity contribution >= 4 is 11.7 Å². The molecule has 22 heavy (non-hydrogen) atoms. The van der Waals surface area contributed by atoms with Crippen LogP contribution < -0.4 is 15.4 Å². The molecule has 0 spiro atoms. The van der Waals surface area contributed by atoms with Gasteiger partial charge in [0.05, 0.1) is 19.3 Å². The Morgan fingerprint density at radius 1 is 1.32 bits per heavy atom. The average Bonchev–Trinajstić information content (AvgIpc) is 2.42. The van der Waals surface area contributed by atoms with Gasteiger partial charge in [0.25, 0.3) is 0 Å². The molecule has 5 nitrogen and oxygen atoms in total. The molecule has 0 saturated heterocycles. The van der Waals surface area contributed by atoms with E-state index in [1.54, 1.807) is 24.3 Å². The van der Waals surface area contributed by atoms with Gasteiger partial charge in [-0.25, -0.2) is 4.79 Å². The molecule has 0 fully saturated rings. The highest BCUT2D eigenvalue weighted by Crippen LogP contribution is 2.22. The molecule has 0 aliphatic heterocycles. The molecule has 0 bridgehead atoms. The van der Waals surface area contributed by atoms with E-state index in [2.05, 4.69) is 10.6 Å². The number of nitrogens with zero attached hydrogens (tertiary/aromatic N) is 1. The molecule has 1 aromatic carbocycles. The first kappa shape index (κ1) is 18.1. The van der Waals surface area contributed by atoms with Crippen molar-refractivity contribution < 1.29 is 22.7 Å². The minimum Gasteiger partial charge on any atom is -0.495 e. The molecular weight excluding hydrogens is 299 g/mol. The van der Waals surface area contributed by atoms with Crippen molar-refractivity contribution in [3.63, 3.8) is 0 Å². The first-order valence-electron chi connectivity index (χ1n) is 6.75. The summed E-state index contributed by atoms with van der Waals surface area (Å²) in [7, 11) is 2.89. The van der Waals surface area contributed by atoms with E-state index >= 15 is 0 Å². The van der Waals surface area contributed by atoms with Crippen LogP contribution in [0, 0.1) is 0 Å². The fraction of sp³-hybridized carbons (Fsp3) is 0.500. The normalized spacial score (nSPS) is 11.4. The lowest BCUT2D eigenvalue weighted by molar-refractivity contribution is -0.143. The molecular formula is C14H20F3N3O2. The highest BCUT2D eigenvalue weighted by Gasteiger charge is 2.28. The summed E-state index contributed by atoms with van der Waals surface area (Å²) in [5.74, 6) is 0.530. The van der Waals surface area contributed by atoms with E-state index in [-0.39, 0.29) is 13.1 Å². The number of carbonyl (C=O) groups is 1. The van der Waals surface area contributed by atoms with Crippen molar-refractivity contribution in [1.82, 2.24) is 10.2 Å².